The maximum atomic E-state index is 13.2. The lowest BCUT2D eigenvalue weighted by atomic mass is 9.77. The second kappa shape index (κ2) is 5.94. The lowest BCUT2D eigenvalue weighted by Crippen LogP contribution is -2.53. The number of aromatic amines is 1. The Labute approximate surface area is 143 Å². The molecule has 1 aliphatic carbocycles. The Bertz CT molecular complexity index is 647. The molecule has 2 amide bonds. The fraction of sp³-hybridized carbons (Fsp3) is 0.684. The maximum Gasteiger partial charge on any atom is 0.255 e. The summed E-state index contributed by atoms with van der Waals surface area (Å²) in [5.74, 6) is 0.387. The van der Waals surface area contributed by atoms with E-state index in [0.29, 0.717) is 25.0 Å². The Morgan fingerprint density at radius 2 is 2.00 bits per heavy atom. The Hall–Kier alpha value is -1.78. The van der Waals surface area contributed by atoms with Crippen molar-refractivity contribution in [1.82, 2.24) is 14.8 Å². The van der Waals surface area contributed by atoms with E-state index in [9.17, 15) is 9.59 Å². The number of likely N-dealkylation sites (tertiary alicyclic amines) is 2. The first-order valence-corrected chi connectivity index (χ1v) is 9.35. The lowest BCUT2D eigenvalue weighted by Gasteiger charge is -2.42. The quantitative estimate of drug-likeness (QED) is 0.907. The zero-order chi connectivity index (χ0) is 16.7. The van der Waals surface area contributed by atoms with Crippen LogP contribution in [0.5, 0.6) is 0 Å². The summed E-state index contributed by atoms with van der Waals surface area (Å²) in [7, 11) is 0. The molecule has 1 N–H and O–H groups in total. The molecule has 1 atom stereocenters. The van der Waals surface area contributed by atoms with Crippen molar-refractivity contribution in [2.75, 3.05) is 19.6 Å². The van der Waals surface area contributed by atoms with Gasteiger partial charge in [0.1, 0.15) is 0 Å². The van der Waals surface area contributed by atoms with Crippen LogP contribution >= 0.6 is 0 Å². The van der Waals surface area contributed by atoms with Crippen LogP contribution in [-0.2, 0) is 4.79 Å². The van der Waals surface area contributed by atoms with Crippen LogP contribution in [0.25, 0.3) is 0 Å². The first-order valence-electron chi connectivity index (χ1n) is 9.35. The highest BCUT2D eigenvalue weighted by Gasteiger charge is 2.50. The number of H-pyrrole nitrogens is 1. The third-order valence-corrected chi connectivity index (χ3v) is 6.36. The van der Waals surface area contributed by atoms with Crippen LogP contribution in [0.1, 0.15) is 61.0 Å². The number of piperidine rings is 1. The van der Waals surface area contributed by atoms with E-state index in [4.69, 9.17) is 0 Å². The Morgan fingerprint density at radius 1 is 1.21 bits per heavy atom. The van der Waals surface area contributed by atoms with Gasteiger partial charge < -0.3 is 14.8 Å². The molecule has 5 nitrogen and oxygen atoms in total. The first kappa shape index (κ1) is 15.7. The predicted molar refractivity (Wildman–Crippen MR) is 91.7 cm³/mol. The van der Waals surface area contributed by atoms with Gasteiger partial charge in [-0.15, -0.1) is 0 Å². The highest BCUT2D eigenvalue weighted by molar-refractivity contribution is 5.96. The van der Waals surface area contributed by atoms with Gasteiger partial charge in [-0.05, 0) is 45.1 Å². The van der Waals surface area contributed by atoms with Crippen molar-refractivity contribution in [3.8, 4) is 0 Å². The van der Waals surface area contributed by atoms with Crippen molar-refractivity contribution in [1.29, 1.82) is 0 Å². The summed E-state index contributed by atoms with van der Waals surface area (Å²) in [4.78, 5) is 33.1. The fourth-order valence-electron chi connectivity index (χ4n) is 4.94. The van der Waals surface area contributed by atoms with Crippen LogP contribution in [0.3, 0.4) is 0 Å². The molecule has 3 aliphatic rings. The number of hydrogen-bond donors (Lipinski definition) is 1. The smallest absolute Gasteiger partial charge is 0.255 e. The van der Waals surface area contributed by atoms with Gasteiger partial charge in [0.2, 0.25) is 5.91 Å². The number of aromatic nitrogens is 1. The average Bonchev–Trinajstić information content (AvgIpc) is 3.31. The van der Waals surface area contributed by atoms with E-state index in [0.717, 1.165) is 49.9 Å². The summed E-state index contributed by atoms with van der Waals surface area (Å²) in [6, 6.07) is 2.29. The van der Waals surface area contributed by atoms with Gasteiger partial charge in [-0.1, -0.05) is 12.8 Å². The molecule has 0 unspecified atom stereocenters. The van der Waals surface area contributed by atoms with Crippen LogP contribution in [-0.4, -0.2) is 52.3 Å². The van der Waals surface area contributed by atoms with Crippen molar-refractivity contribution in [2.24, 2.45) is 5.41 Å². The molecule has 1 spiro atoms. The lowest BCUT2D eigenvalue weighted by molar-refractivity contribution is -0.148. The summed E-state index contributed by atoms with van der Waals surface area (Å²) >= 11 is 0. The number of amides is 2. The molecule has 1 saturated carbocycles. The molecule has 2 saturated heterocycles. The third-order valence-electron chi connectivity index (χ3n) is 6.36. The van der Waals surface area contributed by atoms with E-state index in [1.165, 1.54) is 12.8 Å². The molecule has 0 bridgehead atoms. The molecule has 5 heteroatoms. The number of hydrogen-bond acceptors (Lipinski definition) is 2. The minimum atomic E-state index is -0.319. The SMILES string of the molecule is Cc1[nH]ccc1C(=O)N1CC[C@@]2(CCCN(C3CCCC3)C2=O)C1. The molecule has 0 aromatic carbocycles. The second-order valence-corrected chi connectivity index (χ2v) is 7.81. The van der Waals surface area contributed by atoms with Gasteiger partial charge >= 0.3 is 0 Å². The van der Waals surface area contributed by atoms with Gasteiger partial charge in [0.25, 0.3) is 5.91 Å². The van der Waals surface area contributed by atoms with Crippen LogP contribution in [0.2, 0.25) is 0 Å². The van der Waals surface area contributed by atoms with Crippen molar-refractivity contribution in [2.45, 2.75) is 57.9 Å². The highest BCUT2D eigenvalue weighted by Crippen LogP contribution is 2.42. The molecule has 1 aromatic rings. The van der Waals surface area contributed by atoms with Crippen molar-refractivity contribution >= 4 is 11.8 Å². The van der Waals surface area contributed by atoms with Crippen LogP contribution in [0, 0.1) is 12.3 Å². The molecule has 3 fully saturated rings. The Balaban J connectivity index is 1.51. The number of carbonyl (C=O) groups is 2. The molecule has 2 aliphatic heterocycles. The molecular formula is C19H27N3O2. The maximum absolute atomic E-state index is 13.2. The molecule has 0 radical (unpaired) electrons. The Morgan fingerprint density at radius 3 is 2.71 bits per heavy atom. The Kier molecular flexibility index (Phi) is 3.89. The third kappa shape index (κ3) is 2.45. The van der Waals surface area contributed by atoms with Crippen molar-refractivity contribution in [3.05, 3.63) is 23.5 Å². The van der Waals surface area contributed by atoms with Crippen LogP contribution in [0.15, 0.2) is 12.3 Å². The van der Waals surface area contributed by atoms with Crippen molar-refractivity contribution in [3.63, 3.8) is 0 Å². The molecular weight excluding hydrogens is 302 g/mol. The van der Waals surface area contributed by atoms with Gasteiger partial charge in [0.05, 0.1) is 11.0 Å². The topological polar surface area (TPSA) is 56.4 Å². The van der Waals surface area contributed by atoms with Gasteiger partial charge in [0.15, 0.2) is 0 Å². The fourth-order valence-corrected chi connectivity index (χ4v) is 4.94. The van der Waals surface area contributed by atoms with Gasteiger partial charge in [0, 0.05) is 37.6 Å². The molecule has 4 rings (SSSR count). The summed E-state index contributed by atoms with van der Waals surface area (Å²) in [6.07, 6.45) is 9.46. The van der Waals surface area contributed by atoms with Gasteiger partial charge in [-0.25, -0.2) is 0 Å². The van der Waals surface area contributed by atoms with Crippen molar-refractivity contribution < 1.29 is 9.59 Å². The summed E-state index contributed by atoms with van der Waals surface area (Å²) in [5.41, 5.74) is 1.33. The molecule has 3 heterocycles. The van der Waals surface area contributed by atoms with E-state index in [-0.39, 0.29) is 11.3 Å². The summed E-state index contributed by atoms with van der Waals surface area (Å²) < 4.78 is 0. The zero-order valence-electron chi connectivity index (χ0n) is 14.5. The van der Waals surface area contributed by atoms with Crippen LogP contribution in [0.4, 0.5) is 0 Å². The molecule has 1 aromatic heterocycles. The van der Waals surface area contributed by atoms with E-state index in [1.807, 2.05) is 24.1 Å². The summed E-state index contributed by atoms with van der Waals surface area (Å²) in [5, 5.41) is 0. The minimum absolute atomic E-state index is 0.0661. The number of aryl methyl sites for hydroxylation is 1. The standard InChI is InChI=1S/C19H27N3O2/c1-14-16(7-10-20-14)17(23)21-12-9-19(13-21)8-4-11-22(18(19)24)15-5-2-3-6-15/h7,10,15,20H,2-6,8-9,11-13H2,1H3/t19-/m0/s1. The number of nitrogens with zero attached hydrogens (tertiary/aromatic N) is 2. The molecule has 24 heavy (non-hydrogen) atoms. The normalized spacial score (nSPS) is 28.3. The number of nitrogens with one attached hydrogen (secondary N) is 1. The minimum Gasteiger partial charge on any atom is -0.365 e. The summed E-state index contributed by atoms with van der Waals surface area (Å²) in [6.45, 7) is 4.13. The first-order chi connectivity index (χ1) is 11.6. The molecule has 130 valence electrons. The number of carbonyl (C=O) groups excluding carboxylic acids is 2. The van der Waals surface area contributed by atoms with E-state index in [2.05, 4.69) is 9.88 Å². The monoisotopic (exact) mass is 329 g/mol. The number of rotatable bonds is 2. The van der Waals surface area contributed by atoms with E-state index >= 15 is 0 Å². The van der Waals surface area contributed by atoms with E-state index < -0.39 is 0 Å². The van der Waals surface area contributed by atoms with Crippen LogP contribution < -0.4 is 0 Å². The van der Waals surface area contributed by atoms with E-state index in [1.54, 1.807) is 0 Å². The average molecular weight is 329 g/mol. The highest BCUT2D eigenvalue weighted by atomic mass is 16.2. The largest absolute Gasteiger partial charge is 0.365 e. The predicted octanol–water partition coefficient (Wildman–Crippen LogP) is 2.72. The zero-order valence-corrected chi connectivity index (χ0v) is 14.5. The second-order valence-electron chi connectivity index (χ2n) is 7.81. The van der Waals surface area contributed by atoms with Gasteiger partial charge in [-0.2, -0.15) is 0 Å². The van der Waals surface area contributed by atoms with Gasteiger partial charge in [-0.3, -0.25) is 9.59 Å².